The zero-order valence-corrected chi connectivity index (χ0v) is 13.6. The van der Waals surface area contributed by atoms with Crippen molar-refractivity contribution in [2.24, 2.45) is 5.73 Å². The molecule has 4 nitrogen and oxygen atoms in total. The Bertz CT molecular complexity index is 791. The highest BCUT2D eigenvalue weighted by atomic mass is 16.5. The zero-order valence-electron chi connectivity index (χ0n) is 13.6. The van der Waals surface area contributed by atoms with Crippen molar-refractivity contribution in [3.63, 3.8) is 0 Å². The number of aryl methyl sites for hydroxylation is 1. The van der Waals surface area contributed by atoms with Crippen molar-refractivity contribution in [3.8, 4) is 11.5 Å². The highest BCUT2D eigenvalue weighted by Gasteiger charge is 2.10. The first-order chi connectivity index (χ1) is 11.3. The molecule has 0 spiro atoms. The molecule has 3 aromatic rings. The first-order valence-electron chi connectivity index (χ1n) is 7.83. The van der Waals surface area contributed by atoms with E-state index in [-0.39, 0.29) is 0 Å². The Morgan fingerprint density at radius 2 is 1.78 bits per heavy atom. The van der Waals surface area contributed by atoms with Gasteiger partial charge in [-0.2, -0.15) is 0 Å². The third-order valence-corrected chi connectivity index (χ3v) is 4.10. The quantitative estimate of drug-likeness (QED) is 0.755. The predicted molar refractivity (Wildman–Crippen MR) is 92.8 cm³/mol. The molecule has 0 radical (unpaired) electrons. The summed E-state index contributed by atoms with van der Waals surface area (Å²) in [5, 5.41) is 1.21. The lowest BCUT2D eigenvalue weighted by atomic mass is 10.1. The van der Waals surface area contributed by atoms with Gasteiger partial charge in [-0.05, 0) is 48.9 Å². The first-order valence-corrected chi connectivity index (χ1v) is 7.83. The van der Waals surface area contributed by atoms with Crippen LogP contribution in [0.4, 0.5) is 0 Å². The van der Waals surface area contributed by atoms with Crippen LogP contribution in [0.25, 0.3) is 10.9 Å². The molecule has 0 unspecified atom stereocenters. The lowest BCUT2D eigenvalue weighted by Crippen LogP contribution is -2.04. The number of nitrogens with two attached hydrogens (primary N) is 1. The summed E-state index contributed by atoms with van der Waals surface area (Å²) in [7, 11) is 1.66. The van der Waals surface area contributed by atoms with E-state index in [1.54, 1.807) is 7.11 Å². The summed E-state index contributed by atoms with van der Waals surface area (Å²) in [5.41, 5.74) is 9.39. The van der Waals surface area contributed by atoms with E-state index in [2.05, 4.69) is 35.8 Å². The Balaban J connectivity index is 1.86. The average Bonchev–Trinajstić information content (AvgIpc) is 2.97. The molecular weight excluding hydrogens is 288 g/mol. The van der Waals surface area contributed by atoms with E-state index in [4.69, 9.17) is 15.2 Å². The van der Waals surface area contributed by atoms with Gasteiger partial charge in [0, 0.05) is 24.0 Å². The van der Waals surface area contributed by atoms with Crippen molar-refractivity contribution < 1.29 is 9.47 Å². The molecule has 0 fully saturated rings. The van der Waals surface area contributed by atoms with Crippen LogP contribution in [0.5, 0.6) is 11.5 Å². The maximum Gasteiger partial charge on any atom is 0.128 e. The standard InChI is InChI=1S/C19H22N2O2/c1-3-21-15(11-18-14(12-20)5-4-6-19(18)21)13-23-17-9-7-16(22-2)8-10-17/h4-11H,3,12-13,20H2,1-2H3. The Labute approximate surface area is 136 Å². The molecule has 0 aliphatic heterocycles. The third kappa shape index (κ3) is 3.03. The maximum absolute atomic E-state index is 5.93. The van der Waals surface area contributed by atoms with Gasteiger partial charge in [-0.1, -0.05) is 12.1 Å². The summed E-state index contributed by atoms with van der Waals surface area (Å²) in [6.45, 7) is 4.12. The molecule has 23 heavy (non-hydrogen) atoms. The minimum atomic E-state index is 0.527. The van der Waals surface area contributed by atoms with Gasteiger partial charge in [0.2, 0.25) is 0 Å². The molecule has 3 rings (SSSR count). The molecule has 0 saturated heterocycles. The minimum absolute atomic E-state index is 0.527. The van der Waals surface area contributed by atoms with Crippen molar-refractivity contribution >= 4 is 10.9 Å². The van der Waals surface area contributed by atoms with Gasteiger partial charge in [0.1, 0.15) is 18.1 Å². The molecule has 1 heterocycles. The van der Waals surface area contributed by atoms with Gasteiger partial charge in [-0.25, -0.2) is 0 Å². The first kappa shape index (κ1) is 15.4. The Morgan fingerprint density at radius 1 is 1.04 bits per heavy atom. The van der Waals surface area contributed by atoms with Crippen LogP contribution in [0.15, 0.2) is 48.5 Å². The number of hydrogen-bond acceptors (Lipinski definition) is 3. The van der Waals surface area contributed by atoms with E-state index in [1.165, 1.54) is 16.5 Å². The topological polar surface area (TPSA) is 49.4 Å². The second-order valence-corrected chi connectivity index (χ2v) is 5.40. The van der Waals surface area contributed by atoms with Gasteiger partial charge in [0.15, 0.2) is 0 Å². The van der Waals surface area contributed by atoms with E-state index >= 15 is 0 Å². The van der Waals surface area contributed by atoms with E-state index in [9.17, 15) is 0 Å². The summed E-state index contributed by atoms with van der Waals surface area (Å²) in [5.74, 6) is 1.66. The van der Waals surface area contributed by atoms with E-state index in [0.717, 1.165) is 23.7 Å². The van der Waals surface area contributed by atoms with Crippen LogP contribution in [0.1, 0.15) is 18.2 Å². The minimum Gasteiger partial charge on any atom is -0.497 e. The van der Waals surface area contributed by atoms with Crippen molar-refractivity contribution in [3.05, 3.63) is 59.8 Å². The Hall–Kier alpha value is -2.46. The van der Waals surface area contributed by atoms with Gasteiger partial charge < -0.3 is 19.8 Å². The normalized spacial score (nSPS) is 10.9. The van der Waals surface area contributed by atoms with E-state index < -0.39 is 0 Å². The second kappa shape index (κ2) is 6.75. The molecule has 2 N–H and O–H groups in total. The van der Waals surface area contributed by atoms with Crippen molar-refractivity contribution in [2.45, 2.75) is 26.6 Å². The lowest BCUT2D eigenvalue weighted by molar-refractivity contribution is 0.295. The number of fused-ring (bicyclic) bond motifs is 1. The van der Waals surface area contributed by atoms with Crippen molar-refractivity contribution in [1.29, 1.82) is 0 Å². The van der Waals surface area contributed by atoms with Gasteiger partial charge in [-0.3, -0.25) is 0 Å². The van der Waals surface area contributed by atoms with E-state index in [0.29, 0.717) is 13.2 Å². The molecule has 0 amide bonds. The SMILES string of the molecule is CCn1c(COc2ccc(OC)cc2)cc2c(CN)cccc21. The van der Waals surface area contributed by atoms with Gasteiger partial charge in [-0.15, -0.1) is 0 Å². The number of benzene rings is 2. The largest absolute Gasteiger partial charge is 0.497 e. The monoisotopic (exact) mass is 310 g/mol. The Kier molecular flexibility index (Phi) is 4.53. The molecule has 120 valence electrons. The van der Waals surface area contributed by atoms with Crippen LogP contribution in [0, 0.1) is 0 Å². The summed E-state index contributed by atoms with van der Waals surface area (Å²) < 4.78 is 13.4. The van der Waals surface area contributed by atoms with Crippen LogP contribution < -0.4 is 15.2 Å². The fourth-order valence-corrected chi connectivity index (χ4v) is 2.90. The van der Waals surface area contributed by atoms with Gasteiger partial charge in [0.25, 0.3) is 0 Å². The number of nitrogens with zero attached hydrogens (tertiary/aromatic N) is 1. The highest BCUT2D eigenvalue weighted by molar-refractivity contribution is 5.84. The fourth-order valence-electron chi connectivity index (χ4n) is 2.90. The predicted octanol–water partition coefficient (Wildman–Crippen LogP) is 3.71. The van der Waals surface area contributed by atoms with Crippen LogP contribution in [0.3, 0.4) is 0 Å². The summed E-state index contributed by atoms with van der Waals surface area (Å²) >= 11 is 0. The van der Waals surface area contributed by atoms with E-state index in [1.807, 2.05) is 24.3 Å². The number of hydrogen-bond donors (Lipinski definition) is 1. The van der Waals surface area contributed by atoms with Crippen LogP contribution >= 0.6 is 0 Å². The van der Waals surface area contributed by atoms with Crippen molar-refractivity contribution in [2.75, 3.05) is 7.11 Å². The molecule has 2 aromatic carbocycles. The number of aromatic nitrogens is 1. The third-order valence-electron chi connectivity index (χ3n) is 4.10. The molecule has 0 aliphatic carbocycles. The van der Waals surface area contributed by atoms with Crippen molar-refractivity contribution in [1.82, 2.24) is 4.57 Å². The summed E-state index contributed by atoms with van der Waals surface area (Å²) in [6, 6.07) is 16.1. The fraction of sp³-hybridized carbons (Fsp3) is 0.263. The smallest absolute Gasteiger partial charge is 0.128 e. The van der Waals surface area contributed by atoms with Crippen LogP contribution in [-0.4, -0.2) is 11.7 Å². The molecule has 0 aliphatic rings. The summed E-state index contributed by atoms with van der Waals surface area (Å²) in [4.78, 5) is 0. The zero-order chi connectivity index (χ0) is 16.2. The maximum atomic E-state index is 5.93. The molecule has 0 saturated carbocycles. The molecule has 1 aromatic heterocycles. The lowest BCUT2D eigenvalue weighted by Gasteiger charge is -2.10. The molecule has 4 heteroatoms. The Morgan fingerprint density at radius 3 is 2.43 bits per heavy atom. The van der Waals surface area contributed by atoms with Gasteiger partial charge >= 0.3 is 0 Å². The number of rotatable bonds is 6. The highest BCUT2D eigenvalue weighted by Crippen LogP contribution is 2.25. The van der Waals surface area contributed by atoms with Gasteiger partial charge in [0.05, 0.1) is 12.8 Å². The van der Waals surface area contributed by atoms with Crippen LogP contribution in [0.2, 0.25) is 0 Å². The average molecular weight is 310 g/mol. The second-order valence-electron chi connectivity index (χ2n) is 5.40. The molecular formula is C19H22N2O2. The summed E-state index contributed by atoms with van der Waals surface area (Å²) in [6.07, 6.45) is 0. The van der Waals surface area contributed by atoms with Crippen LogP contribution in [-0.2, 0) is 19.7 Å². The number of ether oxygens (including phenoxy) is 2. The number of methoxy groups -OCH3 is 1. The molecule has 0 atom stereocenters. The molecule has 0 bridgehead atoms.